The summed E-state index contributed by atoms with van der Waals surface area (Å²) in [4.78, 5) is 0. The molecule has 0 saturated heterocycles. The number of fused-ring (bicyclic) bond motifs is 1. The van der Waals surface area contributed by atoms with E-state index < -0.39 is 0 Å². The average Bonchev–Trinajstić information content (AvgIpc) is 2.44. The first-order valence-electron chi connectivity index (χ1n) is 5.16. The van der Waals surface area contributed by atoms with Crippen LogP contribution in [0.25, 0.3) is 0 Å². The zero-order valence-electron chi connectivity index (χ0n) is 8.68. The second-order valence-corrected chi connectivity index (χ2v) is 4.16. The summed E-state index contributed by atoms with van der Waals surface area (Å²) < 4.78 is 13.1. The molecule has 1 aliphatic rings. The maximum absolute atomic E-state index is 13.1. The van der Waals surface area contributed by atoms with Crippen LogP contribution in [0.2, 0.25) is 0 Å². The van der Waals surface area contributed by atoms with Gasteiger partial charge in [-0.05, 0) is 48.6 Å². The molecule has 14 heavy (non-hydrogen) atoms. The van der Waals surface area contributed by atoms with Gasteiger partial charge in [0.15, 0.2) is 0 Å². The predicted molar refractivity (Wildman–Crippen MR) is 56.1 cm³/mol. The van der Waals surface area contributed by atoms with Gasteiger partial charge in [0.25, 0.3) is 0 Å². The molecule has 0 amide bonds. The summed E-state index contributed by atoms with van der Waals surface area (Å²) in [6.45, 7) is 3.16. The Morgan fingerprint density at radius 3 is 2.93 bits per heavy atom. The minimum absolute atomic E-state index is 0.112. The van der Waals surface area contributed by atoms with E-state index in [-0.39, 0.29) is 5.82 Å². The number of benzene rings is 1. The predicted octanol–water partition coefficient (Wildman–Crippen LogP) is 2.64. The largest absolute Gasteiger partial charge is 0.319 e. The molecule has 76 valence electrons. The quantitative estimate of drug-likeness (QED) is 0.761. The molecule has 1 N–H and O–H groups in total. The number of likely N-dealkylation sites (N-methyl/N-ethyl adjacent to an activating group) is 1. The summed E-state index contributed by atoms with van der Waals surface area (Å²) in [5.74, 6) is 0.948. The van der Waals surface area contributed by atoms with Gasteiger partial charge in [-0.25, -0.2) is 4.39 Å². The highest BCUT2D eigenvalue weighted by Gasteiger charge is 2.27. The highest BCUT2D eigenvalue weighted by molar-refractivity contribution is 5.38. The van der Waals surface area contributed by atoms with Crippen molar-refractivity contribution in [3.63, 3.8) is 0 Å². The van der Waals surface area contributed by atoms with E-state index >= 15 is 0 Å². The zero-order valence-corrected chi connectivity index (χ0v) is 8.68. The van der Waals surface area contributed by atoms with Crippen LogP contribution >= 0.6 is 0 Å². The topological polar surface area (TPSA) is 12.0 Å². The maximum atomic E-state index is 13.1. The van der Waals surface area contributed by atoms with Gasteiger partial charge in [0, 0.05) is 6.54 Å². The third-order valence-corrected chi connectivity index (χ3v) is 3.11. The van der Waals surface area contributed by atoms with Crippen LogP contribution in [-0.2, 0) is 0 Å². The smallest absolute Gasteiger partial charge is 0.123 e. The standard InChI is InChI=1S/C12H16FN/c1-8-5-9(7-14-2)12-6-10(13)3-4-11(8)12/h3-4,6,8-9,14H,5,7H2,1-2H3. The Morgan fingerprint density at radius 2 is 2.21 bits per heavy atom. The Labute approximate surface area is 84.3 Å². The van der Waals surface area contributed by atoms with E-state index in [1.165, 1.54) is 11.1 Å². The fourth-order valence-corrected chi connectivity index (χ4v) is 2.47. The van der Waals surface area contributed by atoms with E-state index in [9.17, 15) is 4.39 Å². The third-order valence-electron chi connectivity index (χ3n) is 3.11. The van der Waals surface area contributed by atoms with E-state index in [0.717, 1.165) is 13.0 Å². The van der Waals surface area contributed by atoms with Gasteiger partial charge in [0.1, 0.15) is 5.82 Å². The monoisotopic (exact) mass is 193 g/mol. The van der Waals surface area contributed by atoms with Crippen LogP contribution < -0.4 is 5.32 Å². The Kier molecular flexibility index (Phi) is 2.55. The third kappa shape index (κ3) is 1.55. The number of halogens is 1. The van der Waals surface area contributed by atoms with Gasteiger partial charge in [0.05, 0.1) is 0 Å². The number of nitrogens with one attached hydrogen (secondary N) is 1. The minimum Gasteiger partial charge on any atom is -0.319 e. The van der Waals surface area contributed by atoms with Crippen molar-refractivity contribution < 1.29 is 4.39 Å². The van der Waals surface area contributed by atoms with Crippen molar-refractivity contribution in [2.75, 3.05) is 13.6 Å². The summed E-state index contributed by atoms with van der Waals surface area (Å²) in [5.41, 5.74) is 2.53. The molecule has 1 aliphatic carbocycles. The van der Waals surface area contributed by atoms with Crippen LogP contribution in [0, 0.1) is 5.82 Å². The normalized spacial score (nSPS) is 25.1. The first-order chi connectivity index (χ1) is 6.72. The summed E-state index contributed by atoms with van der Waals surface area (Å²) in [6.07, 6.45) is 1.14. The minimum atomic E-state index is -0.112. The molecule has 1 aromatic carbocycles. The summed E-state index contributed by atoms with van der Waals surface area (Å²) in [5, 5.41) is 3.17. The highest BCUT2D eigenvalue weighted by atomic mass is 19.1. The molecule has 2 heteroatoms. The Morgan fingerprint density at radius 1 is 1.43 bits per heavy atom. The van der Waals surface area contributed by atoms with Crippen molar-refractivity contribution in [1.82, 2.24) is 5.32 Å². The fraction of sp³-hybridized carbons (Fsp3) is 0.500. The molecule has 0 bridgehead atoms. The second-order valence-electron chi connectivity index (χ2n) is 4.16. The van der Waals surface area contributed by atoms with E-state index in [4.69, 9.17) is 0 Å². The van der Waals surface area contributed by atoms with Crippen LogP contribution in [0.15, 0.2) is 18.2 Å². The van der Waals surface area contributed by atoms with Gasteiger partial charge in [-0.15, -0.1) is 0 Å². The molecule has 0 spiro atoms. The first kappa shape index (κ1) is 9.66. The molecule has 2 unspecified atom stereocenters. The van der Waals surface area contributed by atoms with E-state index in [0.29, 0.717) is 11.8 Å². The molecule has 1 aromatic rings. The molecule has 2 atom stereocenters. The number of rotatable bonds is 2. The Balaban J connectivity index is 2.35. The van der Waals surface area contributed by atoms with Crippen molar-refractivity contribution in [2.24, 2.45) is 0 Å². The molecule has 0 fully saturated rings. The Bertz CT molecular complexity index is 335. The van der Waals surface area contributed by atoms with Gasteiger partial charge in [-0.1, -0.05) is 13.0 Å². The van der Waals surface area contributed by atoms with Gasteiger partial charge in [-0.3, -0.25) is 0 Å². The van der Waals surface area contributed by atoms with Crippen molar-refractivity contribution in [3.05, 3.63) is 35.1 Å². The molecule has 1 nitrogen and oxygen atoms in total. The number of hydrogen-bond donors (Lipinski definition) is 1. The molecule has 0 aromatic heterocycles. The summed E-state index contributed by atoms with van der Waals surface area (Å²) >= 11 is 0. The molecule has 0 aliphatic heterocycles. The lowest BCUT2D eigenvalue weighted by molar-refractivity contribution is 0.580. The molecular formula is C12H16FN. The lowest BCUT2D eigenvalue weighted by atomic mass is 10.0. The Hall–Kier alpha value is -0.890. The fourth-order valence-electron chi connectivity index (χ4n) is 2.47. The molecular weight excluding hydrogens is 177 g/mol. The van der Waals surface area contributed by atoms with Gasteiger partial charge >= 0.3 is 0 Å². The van der Waals surface area contributed by atoms with Crippen LogP contribution in [0.4, 0.5) is 4.39 Å². The second kappa shape index (κ2) is 3.70. The summed E-state index contributed by atoms with van der Waals surface area (Å²) in [7, 11) is 1.95. The molecule has 0 radical (unpaired) electrons. The SMILES string of the molecule is CNCC1CC(C)c2ccc(F)cc21. The lowest BCUT2D eigenvalue weighted by Crippen LogP contribution is -2.15. The lowest BCUT2D eigenvalue weighted by Gasteiger charge is -2.10. The van der Waals surface area contributed by atoms with Gasteiger partial charge in [0.2, 0.25) is 0 Å². The van der Waals surface area contributed by atoms with E-state index in [1.807, 2.05) is 13.1 Å². The maximum Gasteiger partial charge on any atom is 0.123 e. The van der Waals surface area contributed by atoms with Crippen LogP contribution in [-0.4, -0.2) is 13.6 Å². The highest BCUT2D eigenvalue weighted by Crippen LogP contribution is 2.41. The zero-order chi connectivity index (χ0) is 10.1. The van der Waals surface area contributed by atoms with Crippen molar-refractivity contribution in [3.8, 4) is 0 Å². The van der Waals surface area contributed by atoms with Crippen molar-refractivity contribution in [1.29, 1.82) is 0 Å². The van der Waals surface area contributed by atoms with Crippen molar-refractivity contribution in [2.45, 2.75) is 25.2 Å². The van der Waals surface area contributed by atoms with Crippen LogP contribution in [0.5, 0.6) is 0 Å². The molecule has 0 saturated carbocycles. The van der Waals surface area contributed by atoms with E-state index in [1.54, 1.807) is 12.1 Å². The van der Waals surface area contributed by atoms with Crippen LogP contribution in [0.3, 0.4) is 0 Å². The van der Waals surface area contributed by atoms with Crippen molar-refractivity contribution >= 4 is 0 Å². The van der Waals surface area contributed by atoms with Crippen LogP contribution in [0.1, 0.15) is 36.3 Å². The molecule has 0 heterocycles. The van der Waals surface area contributed by atoms with Gasteiger partial charge < -0.3 is 5.32 Å². The van der Waals surface area contributed by atoms with Gasteiger partial charge in [-0.2, -0.15) is 0 Å². The summed E-state index contributed by atoms with van der Waals surface area (Å²) in [6, 6.07) is 5.20. The number of hydrogen-bond acceptors (Lipinski definition) is 1. The average molecular weight is 193 g/mol. The first-order valence-corrected chi connectivity index (χ1v) is 5.16. The van der Waals surface area contributed by atoms with E-state index in [2.05, 4.69) is 12.2 Å². The molecule has 2 rings (SSSR count).